The van der Waals surface area contributed by atoms with E-state index < -0.39 is 18.0 Å². The molecule has 0 saturated heterocycles. The maximum Gasteiger partial charge on any atom is 0.338 e. The number of furan rings is 1. The summed E-state index contributed by atoms with van der Waals surface area (Å²) in [5, 5.41) is 0. The molecule has 0 fully saturated rings. The second kappa shape index (κ2) is 11.7. The predicted octanol–water partition coefficient (Wildman–Crippen LogP) is 4.75. The van der Waals surface area contributed by atoms with Gasteiger partial charge in [0.25, 0.3) is 5.56 Å². The van der Waals surface area contributed by atoms with Gasteiger partial charge in [-0.25, -0.2) is 9.79 Å². The summed E-state index contributed by atoms with van der Waals surface area (Å²) in [6.45, 7) is 4.86. The normalized spacial score (nSPS) is 14.9. The Labute approximate surface area is 247 Å². The Bertz CT molecular complexity index is 1870. The topological polar surface area (TPSA) is 109 Å². The van der Waals surface area contributed by atoms with Crippen LogP contribution in [0.1, 0.15) is 38.1 Å². The van der Waals surface area contributed by atoms with Crippen LogP contribution in [0.15, 0.2) is 84.5 Å². The van der Waals surface area contributed by atoms with Gasteiger partial charge in [-0.3, -0.25) is 14.2 Å². The van der Waals surface area contributed by atoms with Crippen molar-refractivity contribution >= 4 is 45.3 Å². The molecule has 1 aliphatic heterocycles. The minimum atomic E-state index is -0.859. The van der Waals surface area contributed by atoms with E-state index >= 15 is 0 Å². The van der Waals surface area contributed by atoms with E-state index in [2.05, 4.69) is 20.9 Å². The van der Waals surface area contributed by atoms with Crippen LogP contribution in [0.2, 0.25) is 0 Å². The van der Waals surface area contributed by atoms with Gasteiger partial charge >= 0.3 is 11.9 Å². The van der Waals surface area contributed by atoms with E-state index in [4.69, 9.17) is 18.6 Å². The van der Waals surface area contributed by atoms with Gasteiger partial charge < -0.3 is 18.6 Å². The van der Waals surface area contributed by atoms with Crippen molar-refractivity contribution in [2.24, 2.45) is 4.99 Å². The summed E-state index contributed by atoms with van der Waals surface area (Å²) in [7, 11) is 1.44. The molecule has 1 atom stereocenters. The van der Waals surface area contributed by atoms with Gasteiger partial charge in [0, 0.05) is 23.0 Å². The second-order valence-corrected chi connectivity index (χ2v) is 10.9. The number of thiazole rings is 1. The maximum absolute atomic E-state index is 13.9. The van der Waals surface area contributed by atoms with E-state index in [9.17, 15) is 14.4 Å². The number of ether oxygens (including phenoxy) is 3. The van der Waals surface area contributed by atoms with Crippen LogP contribution < -0.4 is 24.4 Å². The molecule has 0 unspecified atom stereocenters. The molecule has 0 spiro atoms. The SMILES string of the molecule is CCOC(=O)C1=C(C)N=c2sc(=Cc3ccc(-c4ccc(Br)cc4)o3)c(=O)n2[C@H]1c1ccc(OC(C)=O)c(OC)c1. The third-order valence-corrected chi connectivity index (χ3v) is 7.81. The summed E-state index contributed by atoms with van der Waals surface area (Å²) < 4.78 is 24.9. The minimum absolute atomic E-state index is 0.153. The highest BCUT2D eigenvalue weighted by molar-refractivity contribution is 9.10. The van der Waals surface area contributed by atoms with E-state index in [0.717, 1.165) is 10.0 Å². The van der Waals surface area contributed by atoms with Gasteiger partial charge in [0.2, 0.25) is 0 Å². The number of methoxy groups -OCH3 is 1. The number of hydrogen-bond donors (Lipinski definition) is 0. The third-order valence-electron chi connectivity index (χ3n) is 6.30. The lowest BCUT2D eigenvalue weighted by molar-refractivity contribution is -0.139. The molecule has 0 saturated carbocycles. The predicted molar refractivity (Wildman–Crippen MR) is 157 cm³/mol. The minimum Gasteiger partial charge on any atom is -0.493 e. The summed E-state index contributed by atoms with van der Waals surface area (Å²) >= 11 is 4.62. The first-order chi connectivity index (χ1) is 19.7. The molecule has 3 heterocycles. The highest BCUT2D eigenvalue weighted by Crippen LogP contribution is 2.36. The standard InChI is InChI=1S/C30H25BrN2O7S/c1-5-38-29(36)26-16(2)32-30-33(27(26)19-8-12-23(39-17(3)34)24(14-19)37-4)28(35)25(41-30)15-21-11-13-22(40-21)18-6-9-20(31)10-7-18/h6-15,27H,5H2,1-4H3/t27-/m0/s1. The number of nitrogens with zero attached hydrogens (tertiary/aromatic N) is 2. The highest BCUT2D eigenvalue weighted by Gasteiger charge is 2.34. The molecule has 11 heteroatoms. The molecule has 0 amide bonds. The number of carbonyl (C=O) groups is 2. The summed E-state index contributed by atoms with van der Waals surface area (Å²) in [4.78, 5) is 43.6. The van der Waals surface area contributed by atoms with Crippen LogP contribution in [0, 0.1) is 0 Å². The molecule has 1 aliphatic rings. The molecule has 0 radical (unpaired) electrons. The summed E-state index contributed by atoms with van der Waals surface area (Å²) in [6.07, 6.45) is 1.66. The average Bonchev–Trinajstić information content (AvgIpc) is 3.52. The summed E-state index contributed by atoms with van der Waals surface area (Å²) in [5.74, 6) is 0.561. The Morgan fingerprint density at radius 1 is 1.12 bits per heavy atom. The van der Waals surface area contributed by atoms with Crippen molar-refractivity contribution in [2.75, 3.05) is 13.7 Å². The summed E-state index contributed by atoms with van der Waals surface area (Å²) in [6, 6.07) is 15.4. The zero-order chi connectivity index (χ0) is 29.3. The molecular formula is C30H25BrN2O7S. The van der Waals surface area contributed by atoms with Gasteiger partial charge in [0.1, 0.15) is 11.5 Å². The fourth-order valence-electron chi connectivity index (χ4n) is 4.53. The van der Waals surface area contributed by atoms with Crippen LogP contribution in [0.25, 0.3) is 17.4 Å². The number of fused-ring (bicyclic) bond motifs is 1. The van der Waals surface area contributed by atoms with Crippen LogP contribution >= 0.6 is 27.3 Å². The first-order valence-electron chi connectivity index (χ1n) is 12.6. The summed E-state index contributed by atoms with van der Waals surface area (Å²) in [5.41, 5.74) is 1.76. The monoisotopic (exact) mass is 636 g/mol. The second-order valence-electron chi connectivity index (χ2n) is 9.02. The molecule has 2 aromatic carbocycles. The Balaban J connectivity index is 1.64. The van der Waals surface area contributed by atoms with Gasteiger partial charge in [-0.15, -0.1) is 0 Å². The number of rotatable bonds is 7. The van der Waals surface area contributed by atoms with Crippen LogP contribution in [0.5, 0.6) is 11.5 Å². The van der Waals surface area contributed by atoms with E-state index in [0.29, 0.717) is 32.1 Å². The lowest BCUT2D eigenvalue weighted by Gasteiger charge is -2.25. The van der Waals surface area contributed by atoms with E-state index in [-0.39, 0.29) is 29.2 Å². The average molecular weight is 638 g/mol. The van der Waals surface area contributed by atoms with Crippen molar-refractivity contribution < 1.29 is 28.2 Å². The molecular weight excluding hydrogens is 612 g/mol. The number of esters is 2. The van der Waals surface area contributed by atoms with Crippen LogP contribution in [0.3, 0.4) is 0 Å². The van der Waals surface area contributed by atoms with Crippen molar-refractivity contribution in [3.8, 4) is 22.8 Å². The van der Waals surface area contributed by atoms with Crippen LogP contribution in [-0.2, 0) is 14.3 Å². The molecule has 41 heavy (non-hydrogen) atoms. The zero-order valence-corrected chi connectivity index (χ0v) is 25.0. The lowest BCUT2D eigenvalue weighted by Crippen LogP contribution is -2.39. The quantitative estimate of drug-likeness (QED) is 0.213. The number of benzene rings is 2. The Kier molecular flexibility index (Phi) is 8.09. The first-order valence-corrected chi connectivity index (χ1v) is 14.2. The first kappa shape index (κ1) is 28.3. The van der Waals surface area contributed by atoms with Crippen molar-refractivity contribution in [3.63, 3.8) is 0 Å². The Morgan fingerprint density at radius 2 is 1.88 bits per heavy atom. The van der Waals surface area contributed by atoms with E-state index in [1.165, 1.54) is 29.9 Å². The molecule has 0 N–H and O–H groups in total. The van der Waals surface area contributed by atoms with Gasteiger partial charge in [-0.2, -0.15) is 0 Å². The molecule has 4 aromatic rings. The molecule has 2 aromatic heterocycles. The van der Waals surface area contributed by atoms with E-state index in [1.807, 2.05) is 30.3 Å². The van der Waals surface area contributed by atoms with Crippen molar-refractivity contribution in [3.05, 3.63) is 101 Å². The molecule has 0 aliphatic carbocycles. The number of halogens is 1. The van der Waals surface area contributed by atoms with Crippen LogP contribution in [0.4, 0.5) is 0 Å². The largest absolute Gasteiger partial charge is 0.493 e. The van der Waals surface area contributed by atoms with Crippen LogP contribution in [-0.4, -0.2) is 30.2 Å². The van der Waals surface area contributed by atoms with Gasteiger partial charge in [-0.05, 0) is 55.8 Å². The number of aromatic nitrogens is 1. The highest BCUT2D eigenvalue weighted by atomic mass is 79.9. The molecule has 9 nitrogen and oxygen atoms in total. The Hall–Kier alpha value is -4.22. The lowest BCUT2D eigenvalue weighted by atomic mass is 9.95. The Morgan fingerprint density at radius 3 is 2.56 bits per heavy atom. The number of allylic oxidation sites excluding steroid dienone is 1. The fourth-order valence-corrected chi connectivity index (χ4v) is 5.82. The molecule has 5 rings (SSSR count). The van der Waals surface area contributed by atoms with Crippen molar-refractivity contribution in [1.82, 2.24) is 4.57 Å². The van der Waals surface area contributed by atoms with Gasteiger partial charge in [-0.1, -0.05) is 45.5 Å². The zero-order valence-electron chi connectivity index (χ0n) is 22.6. The third kappa shape index (κ3) is 5.68. The maximum atomic E-state index is 13.9. The molecule has 210 valence electrons. The van der Waals surface area contributed by atoms with E-state index in [1.54, 1.807) is 44.2 Å². The number of hydrogen-bond acceptors (Lipinski definition) is 9. The van der Waals surface area contributed by atoms with Gasteiger partial charge in [0.05, 0.1) is 35.6 Å². The smallest absolute Gasteiger partial charge is 0.338 e. The van der Waals surface area contributed by atoms with Gasteiger partial charge in [0.15, 0.2) is 16.3 Å². The number of carbonyl (C=O) groups excluding carboxylic acids is 2. The van der Waals surface area contributed by atoms with Crippen molar-refractivity contribution in [1.29, 1.82) is 0 Å². The van der Waals surface area contributed by atoms with Crippen molar-refractivity contribution in [2.45, 2.75) is 26.8 Å². The molecule has 0 bridgehead atoms. The fraction of sp³-hybridized carbons (Fsp3) is 0.200.